The molecule has 1 unspecified atom stereocenters. The first-order valence-corrected chi connectivity index (χ1v) is 8.33. The van der Waals surface area contributed by atoms with Crippen molar-refractivity contribution in [2.45, 2.75) is 13.0 Å². The largest absolute Gasteiger partial charge is 0.441 e. The Bertz CT molecular complexity index is 925. The van der Waals surface area contributed by atoms with Gasteiger partial charge in [-0.25, -0.2) is 9.18 Å². The zero-order chi connectivity index (χ0) is 18.7. The van der Waals surface area contributed by atoms with Crippen molar-refractivity contribution in [1.82, 2.24) is 9.78 Å². The molecule has 0 aliphatic heterocycles. The molecule has 0 saturated carbocycles. The number of benzene rings is 2. The van der Waals surface area contributed by atoms with Crippen LogP contribution < -0.4 is 5.32 Å². The first-order valence-electron chi connectivity index (χ1n) is 7.95. The third kappa shape index (κ3) is 3.86. The molecule has 1 amide bonds. The summed E-state index contributed by atoms with van der Waals surface area (Å²) in [7, 11) is 1.69. The molecule has 1 N–H and O–H groups in total. The van der Waals surface area contributed by atoms with Gasteiger partial charge in [-0.3, -0.25) is 10.00 Å². The number of hydrogen-bond acceptors (Lipinski definition) is 3. The van der Waals surface area contributed by atoms with Gasteiger partial charge in [0.1, 0.15) is 17.7 Å². The molecule has 7 heteroatoms. The minimum absolute atomic E-state index is 0.333. The van der Waals surface area contributed by atoms with Gasteiger partial charge in [0, 0.05) is 23.2 Å². The number of carbonyl (C=O) groups is 1. The molecule has 1 atom stereocenters. The number of rotatable bonds is 4. The summed E-state index contributed by atoms with van der Waals surface area (Å²) in [5.41, 5.74) is 2.11. The molecule has 3 aromatic rings. The lowest BCUT2D eigenvalue weighted by Crippen LogP contribution is -2.18. The van der Waals surface area contributed by atoms with Crippen LogP contribution in [-0.4, -0.2) is 15.9 Å². The summed E-state index contributed by atoms with van der Waals surface area (Å²) < 4.78 is 20.1. The van der Waals surface area contributed by atoms with Gasteiger partial charge < -0.3 is 4.74 Å². The first kappa shape index (κ1) is 17.9. The molecule has 1 aromatic heterocycles. The Labute approximate surface area is 155 Å². The molecular formula is C19H17ClFN3O2. The Balaban J connectivity index is 1.77. The summed E-state index contributed by atoms with van der Waals surface area (Å²) in [6, 6.07) is 13.1. The molecule has 0 fully saturated rings. The van der Waals surface area contributed by atoms with E-state index in [1.165, 1.54) is 16.8 Å². The van der Waals surface area contributed by atoms with Crippen molar-refractivity contribution < 1.29 is 13.9 Å². The van der Waals surface area contributed by atoms with E-state index in [1.807, 2.05) is 12.1 Å². The molecule has 1 heterocycles. The van der Waals surface area contributed by atoms with Gasteiger partial charge in [-0.2, -0.15) is 5.10 Å². The van der Waals surface area contributed by atoms with Crippen LogP contribution in [0.2, 0.25) is 5.02 Å². The normalized spacial score (nSPS) is 11.8. The Hall–Kier alpha value is -2.86. The standard InChI is InChI=1S/C19H17ClFN3O2/c1-12(15-5-3-4-6-17(15)20)26-19(25)23-18-16(11-22-24(18)2)13-7-9-14(21)10-8-13/h3-12H,1-2H3,(H,23,25). The molecule has 3 rings (SSSR count). The predicted molar refractivity (Wildman–Crippen MR) is 98.6 cm³/mol. The number of ether oxygens (including phenoxy) is 1. The molecular weight excluding hydrogens is 357 g/mol. The highest BCUT2D eigenvalue weighted by molar-refractivity contribution is 6.31. The van der Waals surface area contributed by atoms with Gasteiger partial charge in [-0.15, -0.1) is 0 Å². The molecule has 0 aliphatic carbocycles. The van der Waals surface area contributed by atoms with Gasteiger partial charge >= 0.3 is 6.09 Å². The maximum atomic E-state index is 13.1. The second-order valence-electron chi connectivity index (χ2n) is 5.73. The molecule has 2 aromatic carbocycles. The molecule has 26 heavy (non-hydrogen) atoms. The van der Waals surface area contributed by atoms with E-state index in [0.29, 0.717) is 22.0 Å². The van der Waals surface area contributed by atoms with Crippen molar-refractivity contribution in [2.75, 3.05) is 5.32 Å². The maximum Gasteiger partial charge on any atom is 0.413 e. The van der Waals surface area contributed by atoms with Crippen LogP contribution in [0.4, 0.5) is 15.0 Å². The number of nitrogens with one attached hydrogen (secondary N) is 1. The average molecular weight is 374 g/mol. The van der Waals surface area contributed by atoms with Crippen molar-refractivity contribution in [1.29, 1.82) is 0 Å². The highest BCUT2D eigenvalue weighted by Gasteiger charge is 2.18. The summed E-state index contributed by atoms with van der Waals surface area (Å²) in [6.45, 7) is 1.74. The number of amides is 1. The topological polar surface area (TPSA) is 56.1 Å². The number of hydrogen-bond donors (Lipinski definition) is 1. The fourth-order valence-electron chi connectivity index (χ4n) is 2.58. The number of aryl methyl sites for hydroxylation is 1. The Morgan fingerprint density at radius 2 is 1.92 bits per heavy atom. The van der Waals surface area contributed by atoms with Crippen LogP contribution in [-0.2, 0) is 11.8 Å². The monoisotopic (exact) mass is 373 g/mol. The summed E-state index contributed by atoms with van der Waals surface area (Å²) in [6.07, 6.45) is 0.441. The first-order chi connectivity index (χ1) is 12.5. The number of halogens is 2. The van der Waals surface area contributed by atoms with Crippen LogP contribution >= 0.6 is 11.6 Å². The van der Waals surface area contributed by atoms with Crippen LogP contribution in [0.1, 0.15) is 18.6 Å². The number of nitrogens with zero attached hydrogens (tertiary/aromatic N) is 2. The van der Waals surface area contributed by atoms with Crippen molar-refractivity contribution >= 4 is 23.5 Å². The van der Waals surface area contributed by atoms with Gasteiger partial charge in [0.25, 0.3) is 0 Å². The van der Waals surface area contributed by atoms with Gasteiger partial charge in [0.15, 0.2) is 0 Å². The summed E-state index contributed by atoms with van der Waals surface area (Å²) >= 11 is 6.13. The quantitative estimate of drug-likeness (QED) is 0.684. The van der Waals surface area contributed by atoms with Gasteiger partial charge in [0.2, 0.25) is 0 Å². The van der Waals surface area contributed by atoms with Gasteiger partial charge in [-0.1, -0.05) is 41.9 Å². The minimum Gasteiger partial charge on any atom is -0.441 e. The molecule has 0 radical (unpaired) electrons. The van der Waals surface area contributed by atoms with Crippen LogP contribution in [0, 0.1) is 5.82 Å². The summed E-state index contributed by atoms with van der Waals surface area (Å²) in [4.78, 5) is 12.3. The molecule has 5 nitrogen and oxygen atoms in total. The third-order valence-electron chi connectivity index (χ3n) is 3.94. The fraction of sp³-hybridized carbons (Fsp3) is 0.158. The molecule has 0 aliphatic rings. The summed E-state index contributed by atoms with van der Waals surface area (Å²) in [5.74, 6) is 0.119. The van der Waals surface area contributed by atoms with E-state index >= 15 is 0 Å². The Morgan fingerprint density at radius 1 is 1.23 bits per heavy atom. The van der Waals surface area contributed by atoms with Crippen LogP contribution in [0.3, 0.4) is 0 Å². The number of carbonyl (C=O) groups excluding carboxylic acids is 1. The maximum absolute atomic E-state index is 13.1. The van der Waals surface area contributed by atoms with E-state index in [-0.39, 0.29) is 5.82 Å². The van der Waals surface area contributed by atoms with E-state index in [2.05, 4.69) is 10.4 Å². The second-order valence-corrected chi connectivity index (χ2v) is 6.14. The minimum atomic E-state index is -0.635. The Kier molecular flexibility index (Phi) is 5.23. The van der Waals surface area contributed by atoms with Crippen molar-refractivity contribution in [3.05, 3.63) is 71.1 Å². The van der Waals surface area contributed by atoms with Crippen molar-refractivity contribution in [3.63, 3.8) is 0 Å². The summed E-state index contributed by atoms with van der Waals surface area (Å²) in [5, 5.41) is 7.37. The smallest absolute Gasteiger partial charge is 0.413 e. The highest BCUT2D eigenvalue weighted by Crippen LogP contribution is 2.29. The van der Waals surface area contributed by atoms with Gasteiger partial charge in [-0.05, 0) is 30.7 Å². The SMILES string of the molecule is CC(OC(=O)Nc1c(-c2ccc(F)cc2)cnn1C)c1ccccc1Cl. The average Bonchev–Trinajstić information content (AvgIpc) is 2.96. The van der Waals surface area contributed by atoms with Crippen molar-refractivity contribution in [3.8, 4) is 11.1 Å². The highest BCUT2D eigenvalue weighted by atomic mass is 35.5. The number of aromatic nitrogens is 2. The van der Waals surface area contributed by atoms with Crippen molar-refractivity contribution in [2.24, 2.45) is 7.05 Å². The van der Waals surface area contributed by atoms with Gasteiger partial charge in [0.05, 0.1) is 6.20 Å². The molecule has 0 spiro atoms. The van der Waals surface area contributed by atoms with E-state index < -0.39 is 12.2 Å². The lowest BCUT2D eigenvalue weighted by molar-refractivity contribution is 0.121. The second kappa shape index (κ2) is 7.58. The predicted octanol–water partition coefficient (Wildman–Crippen LogP) is 5.19. The molecule has 134 valence electrons. The van der Waals surface area contributed by atoms with E-state index in [1.54, 1.807) is 44.4 Å². The zero-order valence-electron chi connectivity index (χ0n) is 14.2. The van der Waals surface area contributed by atoms with E-state index in [0.717, 1.165) is 5.56 Å². The van der Waals surface area contributed by atoms with Crippen LogP contribution in [0.25, 0.3) is 11.1 Å². The molecule has 0 saturated heterocycles. The van der Waals surface area contributed by atoms with E-state index in [4.69, 9.17) is 16.3 Å². The lowest BCUT2D eigenvalue weighted by atomic mass is 10.1. The fourth-order valence-corrected chi connectivity index (χ4v) is 2.87. The Morgan fingerprint density at radius 3 is 2.62 bits per heavy atom. The number of anilines is 1. The zero-order valence-corrected chi connectivity index (χ0v) is 15.0. The molecule has 0 bridgehead atoms. The lowest BCUT2D eigenvalue weighted by Gasteiger charge is -2.16. The third-order valence-corrected chi connectivity index (χ3v) is 4.29. The van der Waals surface area contributed by atoms with Crippen LogP contribution in [0.15, 0.2) is 54.7 Å². The van der Waals surface area contributed by atoms with E-state index in [9.17, 15) is 9.18 Å². The van der Waals surface area contributed by atoms with Crippen LogP contribution in [0.5, 0.6) is 0 Å².